The maximum absolute atomic E-state index is 9.34. The van der Waals surface area contributed by atoms with Crippen LogP contribution in [0, 0.1) is 0 Å². The minimum Gasteiger partial charge on any atom is -0.502 e. The minimum absolute atomic E-state index is 0. The number of hydrogen-bond acceptors (Lipinski definition) is 1. The Morgan fingerprint density at radius 3 is 2.58 bits per heavy atom. The molecule has 3 heteroatoms. The molecule has 2 aromatic rings. The van der Waals surface area contributed by atoms with E-state index in [9.17, 15) is 5.11 Å². The number of phenols is 1. The number of aromatic hydroxyl groups is 1. The van der Waals surface area contributed by atoms with Gasteiger partial charge in [-0.25, -0.2) is 4.98 Å². The second kappa shape index (κ2) is 3.90. The number of benzene rings is 1. The Morgan fingerprint density at radius 2 is 1.83 bits per heavy atom. The summed E-state index contributed by atoms with van der Waals surface area (Å²) in [6.45, 7) is 0. The van der Waals surface area contributed by atoms with Crippen LogP contribution >= 0.6 is 0 Å². The smallest absolute Gasteiger partial charge is 0.502 e. The standard InChI is InChI=1S/C9H7NO.Na/c11-8-5-1-3-7-4-2-6-10-9(7)8;/h1-6,11H;/q;+1/p+1. The molecule has 12 heavy (non-hydrogen) atoms. The van der Waals surface area contributed by atoms with Gasteiger partial charge in [-0.15, -0.1) is 0 Å². The van der Waals surface area contributed by atoms with Crippen LogP contribution in [-0.4, -0.2) is 5.11 Å². The van der Waals surface area contributed by atoms with Gasteiger partial charge in [0.2, 0.25) is 0 Å². The monoisotopic (exact) mass is 169 g/mol. The maximum atomic E-state index is 9.34. The molecule has 1 aromatic carbocycles. The Bertz CT molecular complexity index is 384. The van der Waals surface area contributed by atoms with Crippen LogP contribution in [0.15, 0.2) is 36.5 Å². The van der Waals surface area contributed by atoms with E-state index in [2.05, 4.69) is 4.98 Å². The third-order valence-corrected chi connectivity index (χ3v) is 1.67. The van der Waals surface area contributed by atoms with E-state index in [1.54, 1.807) is 12.3 Å². The van der Waals surface area contributed by atoms with E-state index in [0.717, 1.165) is 10.9 Å². The minimum atomic E-state index is 0. The zero-order valence-electron chi connectivity index (χ0n) is 6.91. The summed E-state index contributed by atoms with van der Waals surface area (Å²) in [4.78, 5) is 2.97. The quantitative estimate of drug-likeness (QED) is 0.472. The van der Waals surface area contributed by atoms with Crippen molar-refractivity contribution in [3.05, 3.63) is 36.5 Å². The third kappa shape index (κ3) is 1.61. The fourth-order valence-corrected chi connectivity index (χ4v) is 1.14. The largest absolute Gasteiger partial charge is 1.00 e. The van der Waals surface area contributed by atoms with E-state index in [-0.39, 0.29) is 29.6 Å². The molecule has 0 fully saturated rings. The average molecular weight is 169 g/mol. The Kier molecular flexibility index (Phi) is 3.09. The molecule has 0 saturated carbocycles. The van der Waals surface area contributed by atoms with Crippen molar-refractivity contribution in [2.24, 2.45) is 0 Å². The Balaban J connectivity index is 0.000000720. The van der Waals surface area contributed by atoms with Crippen molar-refractivity contribution in [2.75, 3.05) is 0 Å². The summed E-state index contributed by atoms with van der Waals surface area (Å²) >= 11 is 0. The van der Waals surface area contributed by atoms with Gasteiger partial charge >= 0.3 is 29.6 Å². The molecule has 0 unspecified atom stereocenters. The number of rotatable bonds is 0. The van der Waals surface area contributed by atoms with Gasteiger partial charge in [-0.1, -0.05) is 6.07 Å². The van der Waals surface area contributed by atoms with Crippen molar-refractivity contribution < 1.29 is 39.6 Å². The fourth-order valence-electron chi connectivity index (χ4n) is 1.14. The van der Waals surface area contributed by atoms with Crippen LogP contribution in [0.1, 0.15) is 0 Å². The van der Waals surface area contributed by atoms with Crippen LogP contribution < -0.4 is 34.5 Å². The van der Waals surface area contributed by atoms with E-state index >= 15 is 0 Å². The van der Waals surface area contributed by atoms with Crippen molar-refractivity contribution in [1.29, 1.82) is 0 Å². The van der Waals surface area contributed by atoms with Gasteiger partial charge in [-0.3, -0.25) is 0 Å². The first-order chi connectivity index (χ1) is 5.38. The van der Waals surface area contributed by atoms with Gasteiger partial charge in [0.15, 0.2) is 11.9 Å². The van der Waals surface area contributed by atoms with Crippen LogP contribution in [0.2, 0.25) is 0 Å². The first kappa shape index (κ1) is 9.52. The van der Waals surface area contributed by atoms with Gasteiger partial charge in [0, 0.05) is 6.07 Å². The number of para-hydroxylation sites is 1. The Labute approximate surface area is 92.5 Å². The molecular formula is C9H8NNaO+2. The first-order valence-electron chi connectivity index (χ1n) is 3.46. The van der Waals surface area contributed by atoms with E-state index in [1.807, 2.05) is 24.3 Å². The molecule has 0 aliphatic heterocycles. The third-order valence-electron chi connectivity index (χ3n) is 1.67. The number of fused-ring (bicyclic) bond motifs is 1. The van der Waals surface area contributed by atoms with Crippen molar-refractivity contribution in [3.63, 3.8) is 0 Å². The normalized spacial score (nSPS) is 9.33. The summed E-state index contributed by atoms with van der Waals surface area (Å²) in [7, 11) is 0. The predicted molar refractivity (Wildman–Crippen MR) is 42.2 cm³/mol. The second-order valence-electron chi connectivity index (χ2n) is 2.41. The SMILES string of the molecule is Oc1cccc2ccc[nH+]c12.[Na+]. The molecule has 2 N–H and O–H groups in total. The summed E-state index contributed by atoms with van der Waals surface area (Å²) in [5.41, 5.74) is 0.787. The van der Waals surface area contributed by atoms with Gasteiger partial charge in [0.25, 0.3) is 5.52 Å². The summed E-state index contributed by atoms with van der Waals surface area (Å²) in [6.07, 6.45) is 1.79. The molecule has 2 rings (SSSR count). The molecule has 0 amide bonds. The van der Waals surface area contributed by atoms with Gasteiger partial charge in [0.1, 0.15) is 0 Å². The van der Waals surface area contributed by atoms with E-state index < -0.39 is 0 Å². The van der Waals surface area contributed by atoms with Gasteiger partial charge in [-0.2, -0.15) is 0 Å². The van der Waals surface area contributed by atoms with Crippen molar-refractivity contribution in [1.82, 2.24) is 0 Å². The summed E-state index contributed by atoms with van der Waals surface area (Å²) in [5.74, 6) is 0.295. The van der Waals surface area contributed by atoms with Crippen molar-refractivity contribution >= 4 is 10.9 Å². The average Bonchev–Trinajstić information content (AvgIpc) is 2.06. The summed E-state index contributed by atoms with van der Waals surface area (Å²) < 4.78 is 0. The zero-order valence-corrected chi connectivity index (χ0v) is 8.91. The number of phenolic OH excluding ortho intramolecular Hbond substituents is 1. The molecule has 0 aliphatic rings. The van der Waals surface area contributed by atoms with Gasteiger partial charge < -0.3 is 5.11 Å². The molecule has 0 saturated heterocycles. The van der Waals surface area contributed by atoms with Crippen LogP contribution in [0.4, 0.5) is 0 Å². The van der Waals surface area contributed by atoms with Crippen molar-refractivity contribution in [2.45, 2.75) is 0 Å². The molecule has 2 nitrogen and oxygen atoms in total. The molecular weight excluding hydrogens is 161 g/mol. The number of aromatic nitrogens is 1. The molecule has 0 aliphatic carbocycles. The summed E-state index contributed by atoms with van der Waals surface area (Å²) in [5, 5.41) is 10.4. The molecule has 0 atom stereocenters. The van der Waals surface area contributed by atoms with Crippen molar-refractivity contribution in [3.8, 4) is 5.75 Å². The van der Waals surface area contributed by atoms with Gasteiger partial charge in [-0.05, 0) is 18.2 Å². The molecule has 1 aromatic heterocycles. The van der Waals surface area contributed by atoms with Gasteiger partial charge in [0.05, 0.1) is 5.39 Å². The molecule has 1 heterocycles. The van der Waals surface area contributed by atoms with Crippen LogP contribution in [0.3, 0.4) is 0 Å². The molecule has 0 spiro atoms. The molecule has 0 radical (unpaired) electrons. The first-order valence-corrected chi connectivity index (χ1v) is 3.46. The van der Waals surface area contributed by atoms with Crippen LogP contribution in [-0.2, 0) is 0 Å². The predicted octanol–water partition coefficient (Wildman–Crippen LogP) is -1.64. The molecule has 0 bridgehead atoms. The fraction of sp³-hybridized carbons (Fsp3) is 0. The van der Waals surface area contributed by atoms with E-state index in [4.69, 9.17) is 0 Å². The number of nitrogens with one attached hydrogen (secondary N) is 1. The Morgan fingerprint density at radius 1 is 1.08 bits per heavy atom. The number of aromatic amines is 1. The number of hydrogen-bond donors (Lipinski definition) is 1. The number of pyridine rings is 1. The topological polar surface area (TPSA) is 34.4 Å². The number of H-pyrrole nitrogens is 1. The second-order valence-corrected chi connectivity index (χ2v) is 2.41. The Hall–Kier alpha value is -0.570. The van der Waals surface area contributed by atoms with Crippen LogP contribution in [0.5, 0.6) is 5.75 Å². The van der Waals surface area contributed by atoms with Crippen LogP contribution in [0.25, 0.3) is 10.9 Å². The van der Waals surface area contributed by atoms with E-state index in [0.29, 0.717) is 5.75 Å². The van der Waals surface area contributed by atoms with E-state index in [1.165, 1.54) is 0 Å². The maximum Gasteiger partial charge on any atom is 1.00 e. The molecule has 54 valence electrons. The summed E-state index contributed by atoms with van der Waals surface area (Å²) in [6, 6.07) is 9.29. The zero-order chi connectivity index (χ0) is 7.68.